The van der Waals surface area contributed by atoms with Gasteiger partial charge in [0.2, 0.25) is 5.95 Å². The maximum Gasteiger partial charge on any atom is 0.227 e. The number of hydrogen-bond donors (Lipinski definition) is 2. The summed E-state index contributed by atoms with van der Waals surface area (Å²) in [6.07, 6.45) is 11.2. The van der Waals surface area contributed by atoms with Crippen molar-refractivity contribution in [2.24, 2.45) is 11.8 Å². The number of anilines is 3. The van der Waals surface area contributed by atoms with Crippen LogP contribution in [0.4, 0.5) is 17.3 Å². The van der Waals surface area contributed by atoms with Crippen LogP contribution in [0.3, 0.4) is 0 Å². The number of aliphatic hydroxyl groups is 1. The number of benzene rings is 1. The first-order chi connectivity index (χ1) is 14.9. The highest BCUT2D eigenvalue weighted by molar-refractivity contribution is 6.34. The Morgan fingerprint density at radius 1 is 1.19 bits per heavy atom. The van der Waals surface area contributed by atoms with Crippen LogP contribution in [0.1, 0.15) is 45.1 Å². The van der Waals surface area contributed by atoms with Gasteiger partial charge >= 0.3 is 0 Å². The standard InChI is InChI=1S/C23H27ClN6O/c1-23(31)4-6-29(7-5-23)21-10-19-15(8-18(21)24)11-25-22(28-19)27-16-12-26-30(13-16)20-9-14-2-3-17(14)20/h8,10-14,17,20,31H,2-7,9H2,1H3,(H,25,27,28). The Kier molecular flexibility index (Phi) is 4.40. The fourth-order valence-electron chi connectivity index (χ4n) is 5.27. The minimum Gasteiger partial charge on any atom is -0.390 e. The van der Waals surface area contributed by atoms with Crippen molar-refractivity contribution in [1.29, 1.82) is 0 Å². The smallest absolute Gasteiger partial charge is 0.227 e. The first-order valence-electron chi connectivity index (χ1n) is 11.2. The molecule has 1 aromatic carbocycles. The van der Waals surface area contributed by atoms with Crippen LogP contribution in [0.25, 0.3) is 10.9 Å². The zero-order valence-corrected chi connectivity index (χ0v) is 18.4. The Morgan fingerprint density at radius 3 is 2.74 bits per heavy atom. The summed E-state index contributed by atoms with van der Waals surface area (Å²) < 4.78 is 2.10. The maximum absolute atomic E-state index is 10.2. The quantitative estimate of drug-likeness (QED) is 0.622. The second-order valence-electron chi connectivity index (χ2n) is 9.68. The van der Waals surface area contributed by atoms with Gasteiger partial charge in [0, 0.05) is 30.9 Å². The van der Waals surface area contributed by atoms with Crippen molar-refractivity contribution in [2.75, 3.05) is 23.3 Å². The summed E-state index contributed by atoms with van der Waals surface area (Å²) in [6, 6.07) is 4.51. The Hall–Kier alpha value is -2.38. The van der Waals surface area contributed by atoms with Crippen molar-refractivity contribution in [3.63, 3.8) is 0 Å². The van der Waals surface area contributed by atoms with Gasteiger partial charge < -0.3 is 15.3 Å². The second kappa shape index (κ2) is 7.07. The molecule has 2 saturated carbocycles. The van der Waals surface area contributed by atoms with Crippen LogP contribution in [-0.2, 0) is 0 Å². The molecule has 3 atom stereocenters. The molecule has 0 spiro atoms. The minimum absolute atomic E-state index is 0.553. The summed E-state index contributed by atoms with van der Waals surface area (Å²) in [5, 5.41) is 19.7. The van der Waals surface area contributed by atoms with E-state index in [1.807, 2.05) is 25.3 Å². The first kappa shape index (κ1) is 19.3. The van der Waals surface area contributed by atoms with Gasteiger partial charge in [0.05, 0.1) is 39.8 Å². The minimum atomic E-state index is -0.595. The third kappa shape index (κ3) is 3.44. The zero-order chi connectivity index (χ0) is 21.2. The highest BCUT2D eigenvalue weighted by Gasteiger charge is 2.48. The Balaban J connectivity index is 1.22. The van der Waals surface area contributed by atoms with Gasteiger partial charge in [-0.2, -0.15) is 5.10 Å². The van der Waals surface area contributed by atoms with Gasteiger partial charge in [0.25, 0.3) is 0 Å². The van der Waals surface area contributed by atoms with Crippen molar-refractivity contribution in [1.82, 2.24) is 19.7 Å². The molecule has 3 unspecified atom stereocenters. The van der Waals surface area contributed by atoms with Gasteiger partial charge in [-0.05, 0) is 63.0 Å². The number of hydrogen-bond acceptors (Lipinski definition) is 6. The molecular weight excluding hydrogens is 412 g/mol. The topological polar surface area (TPSA) is 79.1 Å². The molecule has 1 aliphatic heterocycles. The van der Waals surface area contributed by atoms with Crippen LogP contribution in [0.5, 0.6) is 0 Å². The van der Waals surface area contributed by atoms with Crippen molar-refractivity contribution in [3.05, 3.63) is 35.7 Å². The highest BCUT2D eigenvalue weighted by atomic mass is 35.5. The van der Waals surface area contributed by atoms with E-state index in [4.69, 9.17) is 16.6 Å². The number of nitrogens with zero attached hydrogens (tertiary/aromatic N) is 5. The highest BCUT2D eigenvalue weighted by Crippen LogP contribution is 2.56. The second-order valence-corrected chi connectivity index (χ2v) is 10.1. The summed E-state index contributed by atoms with van der Waals surface area (Å²) in [5.41, 5.74) is 2.12. The van der Waals surface area contributed by atoms with Gasteiger partial charge in [-0.25, -0.2) is 9.97 Å². The number of nitrogens with one attached hydrogen (secondary N) is 1. The molecule has 0 bridgehead atoms. The lowest BCUT2D eigenvalue weighted by molar-refractivity contribution is -0.0217. The molecule has 31 heavy (non-hydrogen) atoms. The van der Waals surface area contributed by atoms with Crippen molar-refractivity contribution >= 4 is 39.8 Å². The van der Waals surface area contributed by atoms with E-state index in [0.717, 1.165) is 60.0 Å². The molecular formula is C23H27ClN6O. The van der Waals surface area contributed by atoms with E-state index in [1.165, 1.54) is 19.3 Å². The zero-order valence-electron chi connectivity index (χ0n) is 17.6. The average molecular weight is 439 g/mol. The summed E-state index contributed by atoms with van der Waals surface area (Å²) in [6.45, 7) is 3.45. The summed E-state index contributed by atoms with van der Waals surface area (Å²) in [4.78, 5) is 11.4. The van der Waals surface area contributed by atoms with E-state index >= 15 is 0 Å². The van der Waals surface area contributed by atoms with E-state index < -0.39 is 5.60 Å². The molecule has 3 fully saturated rings. The molecule has 3 heterocycles. The predicted molar refractivity (Wildman–Crippen MR) is 122 cm³/mol. The summed E-state index contributed by atoms with van der Waals surface area (Å²) in [5.74, 6) is 2.31. The average Bonchev–Trinajstić information content (AvgIpc) is 3.18. The third-order valence-corrected chi connectivity index (χ3v) is 7.84. The molecule has 3 aliphatic rings. The van der Waals surface area contributed by atoms with Crippen molar-refractivity contribution in [2.45, 2.75) is 50.7 Å². The fraction of sp³-hybridized carbons (Fsp3) is 0.522. The van der Waals surface area contributed by atoms with E-state index in [2.05, 4.69) is 31.2 Å². The van der Waals surface area contributed by atoms with Crippen molar-refractivity contribution in [3.8, 4) is 0 Å². The van der Waals surface area contributed by atoms with E-state index in [-0.39, 0.29) is 0 Å². The molecule has 8 heteroatoms. The van der Waals surface area contributed by atoms with Crippen LogP contribution in [0.15, 0.2) is 30.7 Å². The number of halogens is 1. The van der Waals surface area contributed by atoms with Crippen LogP contribution in [0.2, 0.25) is 5.02 Å². The molecule has 7 nitrogen and oxygen atoms in total. The molecule has 0 radical (unpaired) electrons. The molecule has 1 saturated heterocycles. The SMILES string of the molecule is CC1(O)CCN(c2cc3nc(Nc4cnn(C5CC6CCC65)c4)ncc3cc2Cl)CC1. The van der Waals surface area contributed by atoms with E-state index in [1.54, 1.807) is 6.20 Å². The lowest BCUT2D eigenvalue weighted by Gasteiger charge is -2.52. The lowest BCUT2D eigenvalue weighted by Crippen LogP contribution is -2.45. The summed E-state index contributed by atoms with van der Waals surface area (Å²) in [7, 11) is 0. The molecule has 2 N–H and O–H groups in total. The van der Waals surface area contributed by atoms with E-state index in [9.17, 15) is 5.11 Å². The number of aromatic nitrogens is 4. The lowest BCUT2D eigenvalue weighted by atomic mass is 9.56. The van der Waals surface area contributed by atoms with Gasteiger partial charge in [0.1, 0.15) is 0 Å². The van der Waals surface area contributed by atoms with Crippen molar-refractivity contribution < 1.29 is 5.11 Å². The van der Waals surface area contributed by atoms with Gasteiger partial charge in [-0.1, -0.05) is 11.6 Å². The molecule has 3 aromatic rings. The number of rotatable bonds is 4. The Morgan fingerprint density at radius 2 is 2.03 bits per heavy atom. The Labute approximate surface area is 186 Å². The molecule has 2 aromatic heterocycles. The maximum atomic E-state index is 10.2. The molecule has 6 rings (SSSR count). The predicted octanol–water partition coefficient (Wildman–Crippen LogP) is 4.55. The Bertz CT molecular complexity index is 1130. The summed E-state index contributed by atoms with van der Waals surface area (Å²) >= 11 is 6.57. The fourth-order valence-corrected chi connectivity index (χ4v) is 5.56. The molecule has 0 amide bonds. The molecule has 2 aliphatic carbocycles. The normalized spacial score (nSPS) is 26.8. The first-order valence-corrected chi connectivity index (χ1v) is 11.6. The van der Waals surface area contributed by atoms with Gasteiger partial charge in [-0.3, -0.25) is 4.68 Å². The molecule has 162 valence electrons. The van der Waals surface area contributed by atoms with Crippen LogP contribution >= 0.6 is 11.6 Å². The van der Waals surface area contributed by atoms with E-state index in [0.29, 0.717) is 17.0 Å². The van der Waals surface area contributed by atoms with Gasteiger partial charge in [0.15, 0.2) is 0 Å². The number of piperidine rings is 1. The van der Waals surface area contributed by atoms with Crippen LogP contribution in [-0.4, -0.2) is 43.5 Å². The van der Waals surface area contributed by atoms with Crippen LogP contribution < -0.4 is 10.2 Å². The largest absolute Gasteiger partial charge is 0.390 e. The van der Waals surface area contributed by atoms with Gasteiger partial charge in [-0.15, -0.1) is 0 Å². The monoisotopic (exact) mass is 438 g/mol. The van der Waals surface area contributed by atoms with Crippen LogP contribution in [0, 0.1) is 11.8 Å². The number of fused-ring (bicyclic) bond motifs is 2. The third-order valence-electron chi connectivity index (χ3n) is 7.54.